The number of nitrogens with zero attached hydrogens (tertiary/aromatic N) is 1. The number of aromatic nitrogens is 2. The molecule has 1 atom stereocenters. The number of thioether (sulfide) groups is 1. The fraction of sp³-hybridized carbons (Fsp3) is 0.167. The van der Waals surface area contributed by atoms with Crippen molar-refractivity contribution in [2.24, 2.45) is 0 Å². The second-order valence-electron chi connectivity index (χ2n) is 3.88. The molecule has 100 valence electrons. The number of nitrogen functional groups attached to an aromatic ring is 1. The number of nitrogens with two attached hydrogens (primary N) is 1. The number of hydrogen-bond donors (Lipinski definition) is 3. The fourth-order valence-electron chi connectivity index (χ4n) is 1.40. The Morgan fingerprint density at radius 2 is 2.37 bits per heavy atom. The first kappa shape index (κ1) is 13.4. The number of imidazole rings is 1. The highest BCUT2D eigenvalue weighted by Crippen LogP contribution is 2.21. The second kappa shape index (κ2) is 5.75. The summed E-state index contributed by atoms with van der Waals surface area (Å²) in [7, 11) is 0. The van der Waals surface area contributed by atoms with Gasteiger partial charge in [0.1, 0.15) is 5.82 Å². The largest absolute Gasteiger partial charge is 0.396 e. The fourth-order valence-corrected chi connectivity index (χ4v) is 2.16. The number of hydrogen-bond acceptors (Lipinski definition) is 4. The molecule has 0 saturated carbocycles. The van der Waals surface area contributed by atoms with Gasteiger partial charge in [0, 0.05) is 18.1 Å². The van der Waals surface area contributed by atoms with E-state index in [0.717, 1.165) is 0 Å². The average molecular weight is 280 g/mol. The van der Waals surface area contributed by atoms with Crippen LogP contribution in [0.4, 0.5) is 15.8 Å². The molecule has 1 aromatic carbocycles. The Morgan fingerprint density at radius 3 is 3.00 bits per heavy atom. The first-order chi connectivity index (χ1) is 9.06. The maximum absolute atomic E-state index is 13.0. The minimum atomic E-state index is -0.504. The minimum Gasteiger partial charge on any atom is -0.396 e. The summed E-state index contributed by atoms with van der Waals surface area (Å²) in [4.78, 5) is 18.9. The second-order valence-corrected chi connectivity index (χ2v) is 5.21. The molecule has 0 bridgehead atoms. The van der Waals surface area contributed by atoms with Crippen molar-refractivity contribution >= 4 is 29.0 Å². The summed E-state index contributed by atoms with van der Waals surface area (Å²) in [6.45, 7) is 1.76. The highest BCUT2D eigenvalue weighted by Gasteiger charge is 2.16. The number of anilines is 2. The van der Waals surface area contributed by atoms with E-state index in [2.05, 4.69) is 15.3 Å². The summed E-state index contributed by atoms with van der Waals surface area (Å²) in [6.07, 6.45) is 3.31. The number of rotatable bonds is 4. The maximum Gasteiger partial charge on any atom is 0.237 e. The Bertz CT molecular complexity index is 573. The molecule has 0 spiro atoms. The normalized spacial score (nSPS) is 12.1. The lowest BCUT2D eigenvalue weighted by Gasteiger charge is -2.11. The van der Waals surface area contributed by atoms with Gasteiger partial charge in [-0.15, -0.1) is 0 Å². The van der Waals surface area contributed by atoms with Gasteiger partial charge in [0.05, 0.1) is 10.9 Å². The molecule has 0 radical (unpaired) electrons. The van der Waals surface area contributed by atoms with Crippen molar-refractivity contribution in [2.45, 2.75) is 17.3 Å². The first-order valence-corrected chi connectivity index (χ1v) is 6.46. The summed E-state index contributed by atoms with van der Waals surface area (Å²) >= 11 is 1.30. The van der Waals surface area contributed by atoms with Crippen LogP contribution in [0.15, 0.2) is 35.7 Å². The van der Waals surface area contributed by atoms with E-state index in [4.69, 9.17) is 5.73 Å². The van der Waals surface area contributed by atoms with Crippen LogP contribution in [0, 0.1) is 5.82 Å². The molecule has 2 aromatic rings. The van der Waals surface area contributed by atoms with Gasteiger partial charge in [-0.25, -0.2) is 9.37 Å². The van der Waals surface area contributed by atoms with Gasteiger partial charge in [-0.1, -0.05) is 11.8 Å². The zero-order valence-corrected chi connectivity index (χ0v) is 11.0. The number of halogens is 1. The summed E-state index contributed by atoms with van der Waals surface area (Å²) in [5.41, 5.74) is 5.91. The molecule has 0 aliphatic heterocycles. The van der Waals surface area contributed by atoms with E-state index in [9.17, 15) is 9.18 Å². The van der Waals surface area contributed by atoms with Crippen LogP contribution in [0.5, 0.6) is 0 Å². The molecule has 1 aromatic heterocycles. The smallest absolute Gasteiger partial charge is 0.237 e. The van der Waals surface area contributed by atoms with Crippen LogP contribution in [0.25, 0.3) is 0 Å². The van der Waals surface area contributed by atoms with E-state index in [0.29, 0.717) is 10.8 Å². The highest BCUT2D eigenvalue weighted by atomic mass is 32.2. The lowest BCUT2D eigenvalue weighted by atomic mass is 10.2. The summed E-state index contributed by atoms with van der Waals surface area (Å²) in [5.74, 6) is -0.705. The number of carbonyl (C=O) groups is 1. The molecule has 2 rings (SSSR count). The summed E-state index contributed by atoms with van der Waals surface area (Å²) in [6, 6.07) is 4.07. The van der Waals surface area contributed by atoms with Gasteiger partial charge in [0.25, 0.3) is 0 Å². The Balaban J connectivity index is 1.98. The SMILES string of the molecule is CC(Sc1ncc[nH]1)C(=O)Nc1ccc(F)c(N)c1. The molecule has 1 heterocycles. The predicted molar refractivity (Wildman–Crippen MR) is 73.3 cm³/mol. The van der Waals surface area contributed by atoms with Crippen molar-refractivity contribution in [3.8, 4) is 0 Å². The lowest BCUT2D eigenvalue weighted by Crippen LogP contribution is -2.22. The molecule has 0 saturated heterocycles. The zero-order valence-electron chi connectivity index (χ0n) is 10.2. The zero-order chi connectivity index (χ0) is 13.8. The number of nitrogens with one attached hydrogen (secondary N) is 2. The number of amides is 1. The van der Waals surface area contributed by atoms with E-state index >= 15 is 0 Å². The van der Waals surface area contributed by atoms with Gasteiger partial charge in [0.15, 0.2) is 5.16 Å². The molecule has 7 heteroatoms. The molecule has 4 N–H and O–H groups in total. The Morgan fingerprint density at radius 1 is 1.58 bits per heavy atom. The van der Waals surface area contributed by atoms with Crippen LogP contribution in [-0.4, -0.2) is 21.1 Å². The molecular weight excluding hydrogens is 267 g/mol. The van der Waals surface area contributed by atoms with Crippen molar-refractivity contribution in [1.29, 1.82) is 0 Å². The molecule has 5 nitrogen and oxygen atoms in total. The van der Waals surface area contributed by atoms with Crippen molar-refractivity contribution < 1.29 is 9.18 Å². The standard InChI is InChI=1S/C12H13FN4OS/c1-7(19-12-15-4-5-16-12)11(18)17-8-2-3-9(13)10(14)6-8/h2-7H,14H2,1H3,(H,15,16)(H,17,18). The van der Waals surface area contributed by atoms with E-state index in [-0.39, 0.29) is 16.8 Å². The van der Waals surface area contributed by atoms with Crippen LogP contribution >= 0.6 is 11.8 Å². The summed E-state index contributed by atoms with van der Waals surface area (Å²) < 4.78 is 13.0. The van der Waals surface area contributed by atoms with Gasteiger partial charge < -0.3 is 16.0 Å². The molecule has 0 aliphatic carbocycles. The topological polar surface area (TPSA) is 83.8 Å². The number of aromatic amines is 1. The van der Waals surface area contributed by atoms with E-state index in [1.165, 1.54) is 30.0 Å². The highest BCUT2D eigenvalue weighted by molar-refractivity contribution is 8.00. The maximum atomic E-state index is 13.0. The van der Waals surface area contributed by atoms with Gasteiger partial charge in [-0.2, -0.15) is 0 Å². The first-order valence-electron chi connectivity index (χ1n) is 5.58. The quantitative estimate of drug-likeness (QED) is 0.592. The van der Waals surface area contributed by atoms with Crippen LogP contribution < -0.4 is 11.1 Å². The van der Waals surface area contributed by atoms with Gasteiger partial charge in [0.2, 0.25) is 5.91 Å². The summed E-state index contributed by atoms with van der Waals surface area (Å²) in [5, 5.41) is 3.01. The van der Waals surface area contributed by atoms with Gasteiger partial charge in [-0.05, 0) is 25.1 Å². The Hall–Kier alpha value is -2.02. The number of H-pyrrole nitrogens is 1. The van der Waals surface area contributed by atoms with Gasteiger partial charge in [-0.3, -0.25) is 4.79 Å². The van der Waals surface area contributed by atoms with Crippen molar-refractivity contribution in [3.63, 3.8) is 0 Å². The van der Waals surface area contributed by atoms with E-state index < -0.39 is 5.82 Å². The van der Waals surface area contributed by atoms with E-state index in [1.54, 1.807) is 19.3 Å². The molecule has 0 aliphatic rings. The average Bonchev–Trinajstić information content (AvgIpc) is 2.86. The number of carbonyl (C=O) groups excluding carboxylic acids is 1. The molecule has 0 fully saturated rings. The predicted octanol–water partition coefficient (Wildman–Crippen LogP) is 2.25. The van der Waals surface area contributed by atoms with Crippen molar-refractivity contribution in [1.82, 2.24) is 9.97 Å². The van der Waals surface area contributed by atoms with Gasteiger partial charge >= 0.3 is 0 Å². The molecule has 1 amide bonds. The van der Waals surface area contributed by atoms with E-state index in [1.807, 2.05) is 0 Å². The molecular formula is C12H13FN4OS. The molecule has 19 heavy (non-hydrogen) atoms. The minimum absolute atomic E-state index is 0.00383. The molecule has 1 unspecified atom stereocenters. The van der Waals surface area contributed by atoms with Crippen LogP contribution in [-0.2, 0) is 4.79 Å². The number of benzene rings is 1. The Labute approximate surface area is 113 Å². The lowest BCUT2D eigenvalue weighted by molar-refractivity contribution is -0.115. The third-order valence-electron chi connectivity index (χ3n) is 2.39. The van der Waals surface area contributed by atoms with Crippen molar-refractivity contribution in [3.05, 3.63) is 36.4 Å². The van der Waals surface area contributed by atoms with Crippen LogP contribution in [0.3, 0.4) is 0 Å². The van der Waals surface area contributed by atoms with Crippen LogP contribution in [0.1, 0.15) is 6.92 Å². The third-order valence-corrected chi connectivity index (χ3v) is 3.41. The Kier molecular flexibility index (Phi) is 4.06. The third kappa shape index (κ3) is 3.47. The van der Waals surface area contributed by atoms with Crippen molar-refractivity contribution in [2.75, 3.05) is 11.1 Å². The van der Waals surface area contributed by atoms with Crippen LogP contribution in [0.2, 0.25) is 0 Å². The monoisotopic (exact) mass is 280 g/mol.